The van der Waals surface area contributed by atoms with Crippen molar-refractivity contribution in [2.75, 3.05) is 32.7 Å². The van der Waals surface area contributed by atoms with Crippen LogP contribution in [-0.4, -0.2) is 59.0 Å². The summed E-state index contributed by atoms with van der Waals surface area (Å²) in [6.07, 6.45) is 0.937. The van der Waals surface area contributed by atoms with E-state index in [2.05, 4.69) is 22.0 Å². The van der Waals surface area contributed by atoms with Gasteiger partial charge in [0, 0.05) is 32.2 Å². The van der Waals surface area contributed by atoms with Crippen molar-refractivity contribution in [1.82, 2.24) is 19.7 Å². The number of nitrogens with one attached hydrogen (secondary N) is 1. The second-order valence-corrected chi connectivity index (χ2v) is 6.68. The summed E-state index contributed by atoms with van der Waals surface area (Å²) in [6, 6.07) is 7.69. The van der Waals surface area contributed by atoms with Crippen LogP contribution >= 0.6 is 0 Å². The van der Waals surface area contributed by atoms with E-state index in [1.165, 1.54) is 0 Å². The molecule has 1 N–H and O–H groups in total. The molecule has 2 aromatic rings. The summed E-state index contributed by atoms with van der Waals surface area (Å²) < 4.78 is 6.95. The van der Waals surface area contributed by atoms with Crippen molar-refractivity contribution in [3.63, 3.8) is 0 Å². The topological polar surface area (TPSA) is 70.7 Å². The maximum absolute atomic E-state index is 12.1. The molecule has 1 saturated heterocycles. The average Bonchev–Trinajstić information content (AvgIpc) is 2.92. The second-order valence-electron chi connectivity index (χ2n) is 6.68. The number of rotatable bonds is 6. The Morgan fingerprint density at radius 1 is 1.20 bits per heavy atom. The van der Waals surface area contributed by atoms with Crippen molar-refractivity contribution in [1.29, 1.82) is 0 Å². The number of piperazine rings is 1. The van der Waals surface area contributed by atoms with E-state index in [0.717, 1.165) is 38.1 Å². The van der Waals surface area contributed by atoms with Gasteiger partial charge in [-0.25, -0.2) is 4.79 Å². The SMILES string of the molecule is CC[C@@H](C)NC(=O)CN1CCN(Cn2c(=O)oc3ccccc32)CC1. The van der Waals surface area contributed by atoms with Gasteiger partial charge in [-0.15, -0.1) is 0 Å². The van der Waals surface area contributed by atoms with E-state index in [0.29, 0.717) is 18.8 Å². The molecule has 0 spiro atoms. The van der Waals surface area contributed by atoms with Crippen molar-refractivity contribution in [2.24, 2.45) is 0 Å². The van der Waals surface area contributed by atoms with E-state index in [1.54, 1.807) is 10.6 Å². The van der Waals surface area contributed by atoms with Gasteiger partial charge in [-0.2, -0.15) is 0 Å². The van der Waals surface area contributed by atoms with Crippen LogP contribution in [0.4, 0.5) is 0 Å². The van der Waals surface area contributed by atoms with Gasteiger partial charge in [0.05, 0.1) is 18.7 Å². The summed E-state index contributed by atoms with van der Waals surface area (Å²) in [5.41, 5.74) is 1.44. The standard InChI is InChI=1S/C18H26N4O3/c1-3-14(2)19-17(23)12-20-8-10-21(11-9-20)13-22-15-6-4-5-7-16(15)25-18(22)24/h4-7,14H,3,8-13H2,1-2H3,(H,19,23)/t14-/m1/s1. The van der Waals surface area contributed by atoms with Crippen LogP contribution in [0.25, 0.3) is 11.1 Å². The van der Waals surface area contributed by atoms with E-state index >= 15 is 0 Å². The lowest BCUT2D eigenvalue weighted by Gasteiger charge is -2.34. The summed E-state index contributed by atoms with van der Waals surface area (Å²) in [5.74, 6) is -0.239. The third kappa shape index (κ3) is 4.29. The van der Waals surface area contributed by atoms with Crippen LogP contribution in [0.2, 0.25) is 0 Å². The van der Waals surface area contributed by atoms with Gasteiger partial charge < -0.3 is 9.73 Å². The van der Waals surface area contributed by atoms with Gasteiger partial charge in [-0.3, -0.25) is 19.2 Å². The van der Waals surface area contributed by atoms with E-state index in [4.69, 9.17) is 4.42 Å². The van der Waals surface area contributed by atoms with Gasteiger partial charge in [-0.1, -0.05) is 19.1 Å². The lowest BCUT2D eigenvalue weighted by Crippen LogP contribution is -2.50. The molecule has 3 rings (SSSR count). The maximum Gasteiger partial charge on any atom is 0.421 e. The molecule has 0 aliphatic carbocycles. The molecule has 1 aromatic heterocycles. The minimum Gasteiger partial charge on any atom is -0.408 e. The average molecular weight is 346 g/mol. The number of oxazole rings is 1. The second kappa shape index (κ2) is 7.84. The highest BCUT2D eigenvalue weighted by Gasteiger charge is 2.21. The molecule has 0 saturated carbocycles. The predicted octanol–water partition coefficient (Wildman–Crippen LogP) is 1.08. The van der Waals surface area contributed by atoms with Gasteiger partial charge in [-0.05, 0) is 25.5 Å². The summed E-state index contributed by atoms with van der Waals surface area (Å²) in [6.45, 7) is 8.31. The molecule has 0 unspecified atom stereocenters. The Balaban J connectivity index is 1.53. The Morgan fingerprint density at radius 2 is 1.88 bits per heavy atom. The number of para-hydroxylation sites is 2. The largest absolute Gasteiger partial charge is 0.421 e. The van der Waals surface area contributed by atoms with Gasteiger partial charge in [0.25, 0.3) is 0 Å². The van der Waals surface area contributed by atoms with Crippen molar-refractivity contribution < 1.29 is 9.21 Å². The van der Waals surface area contributed by atoms with Crippen molar-refractivity contribution in [3.05, 3.63) is 34.8 Å². The Kier molecular flexibility index (Phi) is 5.55. The molecule has 7 heteroatoms. The number of amides is 1. The first-order valence-corrected chi connectivity index (χ1v) is 8.89. The number of fused-ring (bicyclic) bond motifs is 1. The predicted molar refractivity (Wildman–Crippen MR) is 96.4 cm³/mol. The molecule has 0 bridgehead atoms. The van der Waals surface area contributed by atoms with Crippen LogP contribution < -0.4 is 11.1 Å². The van der Waals surface area contributed by atoms with Crippen LogP contribution in [0.15, 0.2) is 33.5 Å². The molecule has 7 nitrogen and oxygen atoms in total. The fourth-order valence-corrected chi connectivity index (χ4v) is 3.06. The quantitative estimate of drug-likeness (QED) is 0.848. The van der Waals surface area contributed by atoms with Crippen LogP contribution in [0, 0.1) is 0 Å². The normalized spacial score (nSPS) is 17.7. The Morgan fingerprint density at radius 3 is 2.60 bits per heavy atom. The van der Waals surface area contributed by atoms with Gasteiger partial charge in [0.15, 0.2) is 5.58 Å². The molecular formula is C18H26N4O3. The third-order valence-corrected chi connectivity index (χ3v) is 4.77. The highest BCUT2D eigenvalue weighted by atomic mass is 16.4. The summed E-state index contributed by atoms with van der Waals surface area (Å²) >= 11 is 0. The molecular weight excluding hydrogens is 320 g/mol. The van der Waals surface area contributed by atoms with Gasteiger partial charge in [0.1, 0.15) is 0 Å². The lowest BCUT2D eigenvalue weighted by molar-refractivity contribution is -0.123. The molecule has 1 fully saturated rings. The minimum atomic E-state index is -0.323. The van der Waals surface area contributed by atoms with E-state index in [-0.39, 0.29) is 17.7 Å². The first-order chi connectivity index (χ1) is 12.1. The van der Waals surface area contributed by atoms with Crippen LogP contribution in [-0.2, 0) is 11.5 Å². The van der Waals surface area contributed by atoms with E-state index < -0.39 is 0 Å². The van der Waals surface area contributed by atoms with Gasteiger partial charge >= 0.3 is 5.76 Å². The van der Waals surface area contributed by atoms with Gasteiger partial charge in [0.2, 0.25) is 5.91 Å². The third-order valence-electron chi connectivity index (χ3n) is 4.77. The first-order valence-electron chi connectivity index (χ1n) is 8.89. The number of carbonyl (C=O) groups is 1. The highest BCUT2D eigenvalue weighted by Crippen LogP contribution is 2.13. The Hall–Kier alpha value is -2.12. The zero-order valence-electron chi connectivity index (χ0n) is 14.9. The number of carbonyl (C=O) groups excluding carboxylic acids is 1. The monoisotopic (exact) mass is 346 g/mol. The number of nitrogens with zero attached hydrogens (tertiary/aromatic N) is 3. The molecule has 1 aliphatic heterocycles. The summed E-state index contributed by atoms with van der Waals surface area (Å²) in [5, 5.41) is 3.00. The van der Waals surface area contributed by atoms with Crippen LogP contribution in [0.1, 0.15) is 20.3 Å². The number of aromatic nitrogens is 1. The molecule has 1 amide bonds. The molecule has 2 heterocycles. The molecule has 0 radical (unpaired) electrons. The number of hydrogen-bond acceptors (Lipinski definition) is 5. The summed E-state index contributed by atoms with van der Waals surface area (Å²) in [7, 11) is 0. The Bertz CT molecular complexity index is 774. The molecule has 136 valence electrons. The van der Waals surface area contributed by atoms with Crippen molar-refractivity contribution in [2.45, 2.75) is 33.0 Å². The first kappa shape index (κ1) is 17.7. The van der Waals surface area contributed by atoms with E-state index in [9.17, 15) is 9.59 Å². The van der Waals surface area contributed by atoms with Crippen molar-refractivity contribution >= 4 is 17.0 Å². The molecule has 1 atom stereocenters. The smallest absolute Gasteiger partial charge is 0.408 e. The number of benzene rings is 1. The molecule has 1 aromatic carbocycles. The fourth-order valence-electron chi connectivity index (χ4n) is 3.06. The summed E-state index contributed by atoms with van der Waals surface area (Å²) in [4.78, 5) is 28.4. The molecule has 1 aliphatic rings. The molecule has 25 heavy (non-hydrogen) atoms. The van der Waals surface area contributed by atoms with E-state index in [1.807, 2.05) is 25.1 Å². The highest BCUT2D eigenvalue weighted by molar-refractivity contribution is 5.78. The minimum absolute atomic E-state index is 0.0832. The Labute approximate surface area is 147 Å². The lowest BCUT2D eigenvalue weighted by atomic mass is 10.2. The number of hydrogen-bond donors (Lipinski definition) is 1. The zero-order valence-corrected chi connectivity index (χ0v) is 14.9. The zero-order chi connectivity index (χ0) is 17.8. The maximum atomic E-state index is 12.1. The van der Waals surface area contributed by atoms with Crippen LogP contribution in [0.5, 0.6) is 0 Å². The fraction of sp³-hybridized carbons (Fsp3) is 0.556. The van der Waals surface area contributed by atoms with Crippen LogP contribution in [0.3, 0.4) is 0 Å². The van der Waals surface area contributed by atoms with Crippen molar-refractivity contribution in [3.8, 4) is 0 Å².